The monoisotopic (exact) mass is 336 g/mol. The first-order valence-corrected chi connectivity index (χ1v) is 8.55. The van der Waals surface area contributed by atoms with Gasteiger partial charge in [-0.25, -0.2) is 0 Å². The first kappa shape index (κ1) is 18.5. The predicted octanol–water partition coefficient (Wildman–Crippen LogP) is 2.32. The highest BCUT2D eigenvalue weighted by Crippen LogP contribution is 2.26. The smallest absolute Gasteiger partial charge is 0.396 e. The lowest BCUT2D eigenvalue weighted by atomic mass is 9.86. The topological polar surface area (TPSA) is 52.6 Å². The first-order chi connectivity index (χ1) is 10.9. The average Bonchev–Trinajstić information content (AvgIpc) is 2.48. The number of hydrogen-bond acceptors (Lipinski definition) is 3. The van der Waals surface area contributed by atoms with E-state index in [0.717, 1.165) is 25.7 Å². The van der Waals surface area contributed by atoms with Crippen molar-refractivity contribution < 1.29 is 23.1 Å². The van der Waals surface area contributed by atoms with E-state index in [1.807, 2.05) is 0 Å². The third kappa shape index (κ3) is 6.67. The van der Waals surface area contributed by atoms with Crippen LogP contribution in [0.5, 0.6) is 0 Å². The molecule has 4 nitrogen and oxygen atoms in total. The van der Waals surface area contributed by atoms with E-state index in [1.54, 1.807) is 0 Å². The highest BCUT2D eigenvalue weighted by molar-refractivity contribution is 5.76. The quantitative estimate of drug-likeness (QED) is 0.810. The van der Waals surface area contributed by atoms with E-state index in [4.69, 9.17) is 5.11 Å². The molecule has 134 valence electrons. The lowest BCUT2D eigenvalue weighted by Crippen LogP contribution is -2.42. The van der Waals surface area contributed by atoms with Crippen LogP contribution in [-0.2, 0) is 4.79 Å². The normalized spacial score (nSPS) is 27.8. The number of aliphatic hydroxyl groups is 1. The number of hydrogen-bond donors (Lipinski definition) is 2. The number of piperidine rings is 1. The Hall–Kier alpha value is -0.820. The molecule has 1 saturated heterocycles. The molecule has 0 unspecified atom stereocenters. The summed E-state index contributed by atoms with van der Waals surface area (Å²) in [7, 11) is 0. The van der Waals surface area contributed by atoms with Crippen LogP contribution >= 0.6 is 0 Å². The summed E-state index contributed by atoms with van der Waals surface area (Å²) in [6.45, 7) is 0.204. The van der Waals surface area contributed by atoms with E-state index in [9.17, 15) is 18.0 Å². The number of amides is 1. The van der Waals surface area contributed by atoms with Crippen molar-refractivity contribution in [1.82, 2.24) is 10.2 Å². The van der Waals surface area contributed by atoms with E-state index in [-0.39, 0.29) is 24.5 Å². The molecule has 2 aliphatic rings. The van der Waals surface area contributed by atoms with Crippen LogP contribution in [0.15, 0.2) is 0 Å². The van der Waals surface area contributed by atoms with Gasteiger partial charge in [0.15, 0.2) is 0 Å². The van der Waals surface area contributed by atoms with Gasteiger partial charge in [-0.3, -0.25) is 9.69 Å². The molecule has 7 heteroatoms. The van der Waals surface area contributed by atoms with Crippen molar-refractivity contribution in [3.63, 3.8) is 0 Å². The molecule has 0 aromatic carbocycles. The fourth-order valence-electron chi connectivity index (χ4n) is 3.64. The number of halogens is 3. The van der Waals surface area contributed by atoms with Gasteiger partial charge in [0.1, 0.15) is 0 Å². The molecule has 1 saturated carbocycles. The van der Waals surface area contributed by atoms with Gasteiger partial charge in [0.2, 0.25) is 5.91 Å². The Morgan fingerprint density at radius 2 is 1.65 bits per heavy atom. The third-order valence-electron chi connectivity index (χ3n) is 5.05. The fourth-order valence-corrected chi connectivity index (χ4v) is 3.64. The van der Waals surface area contributed by atoms with Crippen LogP contribution in [0.3, 0.4) is 0 Å². The number of carbonyl (C=O) groups is 1. The first-order valence-electron chi connectivity index (χ1n) is 8.55. The predicted molar refractivity (Wildman–Crippen MR) is 80.8 cm³/mol. The third-order valence-corrected chi connectivity index (χ3v) is 5.05. The molecule has 1 aliphatic carbocycles. The summed E-state index contributed by atoms with van der Waals surface area (Å²) in [5.74, 6) is 0.570. The van der Waals surface area contributed by atoms with Crippen LogP contribution in [0, 0.1) is 11.8 Å². The lowest BCUT2D eigenvalue weighted by molar-refractivity contribution is -0.149. The Morgan fingerprint density at radius 3 is 2.17 bits per heavy atom. The summed E-state index contributed by atoms with van der Waals surface area (Å²) in [4.78, 5) is 13.5. The standard InChI is InChI=1S/C16H27F3N2O2/c17-16(18,19)11-21-7-5-12(6-8-21)9-15(23)20-14-3-1-13(10-22)2-4-14/h12-14,22H,1-11H2,(H,20,23). The second-order valence-corrected chi connectivity index (χ2v) is 7.01. The zero-order valence-corrected chi connectivity index (χ0v) is 13.4. The number of aliphatic hydroxyl groups excluding tert-OH is 1. The number of nitrogens with zero attached hydrogens (tertiary/aromatic N) is 1. The number of rotatable bonds is 5. The van der Waals surface area contributed by atoms with Crippen LogP contribution in [0.2, 0.25) is 0 Å². The molecular weight excluding hydrogens is 309 g/mol. The van der Waals surface area contributed by atoms with Crippen LogP contribution in [0.25, 0.3) is 0 Å². The molecule has 23 heavy (non-hydrogen) atoms. The second-order valence-electron chi connectivity index (χ2n) is 7.01. The van der Waals surface area contributed by atoms with Gasteiger partial charge in [0.25, 0.3) is 0 Å². The van der Waals surface area contributed by atoms with E-state index in [2.05, 4.69) is 5.32 Å². The summed E-state index contributed by atoms with van der Waals surface area (Å²) in [6, 6.07) is 0.190. The maximum Gasteiger partial charge on any atom is 0.401 e. The maximum absolute atomic E-state index is 12.3. The molecular formula is C16H27F3N2O2. The Morgan fingerprint density at radius 1 is 1.04 bits per heavy atom. The van der Waals surface area contributed by atoms with Gasteiger partial charge in [0, 0.05) is 19.1 Å². The largest absolute Gasteiger partial charge is 0.401 e. The average molecular weight is 336 g/mol. The van der Waals surface area contributed by atoms with Gasteiger partial charge in [-0.1, -0.05) is 0 Å². The molecule has 0 bridgehead atoms. The van der Waals surface area contributed by atoms with Gasteiger partial charge in [-0.2, -0.15) is 13.2 Å². The van der Waals surface area contributed by atoms with Crippen molar-refractivity contribution in [3.8, 4) is 0 Å². The molecule has 0 radical (unpaired) electrons. The summed E-state index contributed by atoms with van der Waals surface area (Å²) in [5, 5.41) is 12.2. The van der Waals surface area contributed by atoms with Gasteiger partial charge >= 0.3 is 6.18 Å². The Bertz CT molecular complexity index is 374. The van der Waals surface area contributed by atoms with Gasteiger partial charge < -0.3 is 10.4 Å². The van der Waals surface area contributed by atoms with Crippen LogP contribution < -0.4 is 5.32 Å². The van der Waals surface area contributed by atoms with Crippen molar-refractivity contribution in [2.45, 2.75) is 57.2 Å². The Balaban J connectivity index is 1.63. The van der Waals surface area contributed by atoms with E-state index < -0.39 is 12.7 Å². The summed E-state index contributed by atoms with van der Waals surface area (Å²) in [6.07, 6.45) is 1.27. The van der Waals surface area contributed by atoms with Crippen LogP contribution in [0.1, 0.15) is 44.9 Å². The number of alkyl halides is 3. The zero-order valence-electron chi connectivity index (χ0n) is 13.4. The molecule has 0 aromatic heterocycles. The minimum atomic E-state index is -4.14. The highest BCUT2D eigenvalue weighted by Gasteiger charge is 2.33. The fraction of sp³-hybridized carbons (Fsp3) is 0.938. The molecule has 2 N–H and O–H groups in total. The molecule has 0 aromatic rings. The molecule has 1 aliphatic heterocycles. The number of carbonyl (C=O) groups excluding carboxylic acids is 1. The van der Waals surface area contributed by atoms with Crippen molar-refractivity contribution in [3.05, 3.63) is 0 Å². The summed E-state index contributed by atoms with van der Waals surface area (Å²) < 4.78 is 37.0. The van der Waals surface area contributed by atoms with Crippen LogP contribution in [-0.4, -0.2) is 54.4 Å². The molecule has 0 spiro atoms. The zero-order chi connectivity index (χ0) is 16.9. The Kier molecular flexibility index (Phi) is 6.71. The van der Waals surface area contributed by atoms with Crippen molar-refractivity contribution in [1.29, 1.82) is 0 Å². The molecule has 0 atom stereocenters. The van der Waals surface area contributed by atoms with Crippen molar-refractivity contribution in [2.24, 2.45) is 11.8 Å². The minimum Gasteiger partial charge on any atom is -0.396 e. The molecule has 2 fully saturated rings. The molecule has 1 heterocycles. The van der Waals surface area contributed by atoms with E-state index in [0.29, 0.717) is 38.3 Å². The van der Waals surface area contributed by atoms with E-state index in [1.165, 1.54) is 4.90 Å². The van der Waals surface area contributed by atoms with Crippen molar-refractivity contribution >= 4 is 5.91 Å². The van der Waals surface area contributed by atoms with Gasteiger partial charge in [-0.05, 0) is 63.5 Å². The SMILES string of the molecule is O=C(CC1CCN(CC(F)(F)F)CC1)NC1CCC(CO)CC1. The van der Waals surface area contributed by atoms with Gasteiger partial charge in [-0.15, -0.1) is 0 Å². The highest BCUT2D eigenvalue weighted by atomic mass is 19.4. The van der Waals surface area contributed by atoms with Crippen LogP contribution in [0.4, 0.5) is 13.2 Å². The summed E-state index contributed by atoms with van der Waals surface area (Å²) in [5.41, 5.74) is 0. The Labute approximate surface area is 135 Å². The maximum atomic E-state index is 12.3. The molecule has 2 rings (SSSR count). The van der Waals surface area contributed by atoms with E-state index >= 15 is 0 Å². The number of nitrogens with one attached hydrogen (secondary N) is 1. The second kappa shape index (κ2) is 8.33. The van der Waals surface area contributed by atoms with Gasteiger partial charge in [0.05, 0.1) is 6.54 Å². The molecule has 1 amide bonds. The lowest BCUT2D eigenvalue weighted by Gasteiger charge is -2.33. The number of likely N-dealkylation sites (tertiary alicyclic amines) is 1. The van der Waals surface area contributed by atoms with Crippen molar-refractivity contribution in [2.75, 3.05) is 26.2 Å². The minimum absolute atomic E-state index is 0.0201. The summed E-state index contributed by atoms with van der Waals surface area (Å²) >= 11 is 0.